The van der Waals surface area contributed by atoms with Gasteiger partial charge in [-0.3, -0.25) is 4.79 Å². The summed E-state index contributed by atoms with van der Waals surface area (Å²) < 4.78 is 35.8. The van der Waals surface area contributed by atoms with E-state index in [0.29, 0.717) is 18.7 Å². The van der Waals surface area contributed by atoms with Gasteiger partial charge in [0.1, 0.15) is 17.1 Å². The Balaban J connectivity index is 1.44. The topological polar surface area (TPSA) is 80.1 Å². The van der Waals surface area contributed by atoms with E-state index in [9.17, 15) is 13.2 Å². The molecule has 1 aromatic carbocycles. The van der Waals surface area contributed by atoms with Crippen LogP contribution in [-0.2, 0) is 27.5 Å². The Bertz CT molecular complexity index is 1040. The van der Waals surface area contributed by atoms with Gasteiger partial charge in [-0.25, -0.2) is 8.42 Å². The van der Waals surface area contributed by atoms with E-state index in [1.54, 1.807) is 4.90 Å². The average Bonchev–Trinajstić information content (AvgIpc) is 3.28. The standard InChI is InChI=1S/C23H32N2O5S/c1-24(2)11-5-12-25(17-10-13-31(27,28)16-17)23(26)15-29-18-8-9-22-20(14-18)19-6-3-4-7-21(19)30-22/h8-9,14,17H,3-7,10-13,15-16H2,1-2H3. The van der Waals surface area contributed by atoms with Crippen LogP contribution in [0, 0.1) is 0 Å². The molecule has 1 aromatic heterocycles. The van der Waals surface area contributed by atoms with Gasteiger partial charge in [-0.2, -0.15) is 0 Å². The number of hydrogen-bond donors (Lipinski definition) is 0. The summed E-state index contributed by atoms with van der Waals surface area (Å²) in [7, 11) is 0.908. The van der Waals surface area contributed by atoms with Gasteiger partial charge < -0.3 is 19.0 Å². The predicted octanol–water partition coefficient (Wildman–Crippen LogP) is 2.66. The van der Waals surface area contributed by atoms with E-state index < -0.39 is 9.84 Å². The highest BCUT2D eigenvalue weighted by Crippen LogP contribution is 2.34. The number of carbonyl (C=O) groups excluding carboxylic acids is 1. The first-order valence-electron chi connectivity index (χ1n) is 11.1. The molecular formula is C23H32N2O5S. The molecule has 0 bridgehead atoms. The monoisotopic (exact) mass is 448 g/mol. The number of sulfone groups is 1. The van der Waals surface area contributed by atoms with E-state index >= 15 is 0 Å². The quantitative estimate of drug-likeness (QED) is 0.618. The maximum atomic E-state index is 13.0. The van der Waals surface area contributed by atoms with Gasteiger partial charge >= 0.3 is 0 Å². The molecule has 8 heteroatoms. The lowest BCUT2D eigenvalue weighted by Gasteiger charge is -2.29. The van der Waals surface area contributed by atoms with Crippen LogP contribution in [0.4, 0.5) is 0 Å². The number of hydrogen-bond acceptors (Lipinski definition) is 6. The van der Waals surface area contributed by atoms with Crippen molar-refractivity contribution in [2.45, 2.75) is 44.6 Å². The molecule has 1 aliphatic carbocycles. The number of carbonyl (C=O) groups is 1. The molecular weight excluding hydrogens is 416 g/mol. The first kappa shape index (κ1) is 22.1. The SMILES string of the molecule is CN(C)CCCN(C(=O)COc1ccc2oc3c(c2c1)CCCC3)C1CCS(=O)(=O)C1. The molecule has 31 heavy (non-hydrogen) atoms. The van der Waals surface area contributed by atoms with Gasteiger partial charge in [-0.1, -0.05) is 0 Å². The molecule has 2 aromatic rings. The molecule has 1 aliphatic heterocycles. The number of ether oxygens (including phenoxy) is 1. The normalized spacial score (nSPS) is 20.2. The fraction of sp³-hybridized carbons (Fsp3) is 0.609. The zero-order valence-corrected chi connectivity index (χ0v) is 19.2. The van der Waals surface area contributed by atoms with Crippen LogP contribution in [0.5, 0.6) is 5.75 Å². The summed E-state index contributed by atoms with van der Waals surface area (Å²) in [6, 6.07) is 5.45. The van der Waals surface area contributed by atoms with E-state index in [1.165, 1.54) is 5.56 Å². The number of amides is 1. The van der Waals surface area contributed by atoms with Crippen molar-refractivity contribution < 1.29 is 22.4 Å². The Kier molecular flexibility index (Phi) is 6.57. The number of nitrogens with zero attached hydrogens (tertiary/aromatic N) is 2. The minimum Gasteiger partial charge on any atom is -0.484 e. The van der Waals surface area contributed by atoms with E-state index in [-0.39, 0.29) is 30.1 Å². The minimum atomic E-state index is -3.06. The highest BCUT2D eigenvalue weighted by molar-refractivity contribution is 7.91. The van der Waals surface area contributed by atoms with Gasteiger partial charge in [-0.05, 0) is 70.9 Å². The molecule has 0 N–H and O–H groups in total. The number of furan rings is 1. The second-order valence-corrected chi connectivity index (χ2v) is 11.2. The summed E-state index contributed by atoms with van der Waals surface area (Å²) in [6.07, 6.45) is 5.61. The second-order valence-electron chi connectivity index (χ2n) is 8.96. The third-order valence-electron chi connectivity index (χ3n) is 6.26. The van der Waals surface area contributed by atoms with Gasteiger partial charge in [0.2, 0.25) is 0 Å². The van der Waals surface area contributed by atoms with Crippen LogP contribution >= 0.6 is 0 Å². The van der Waals surface area contributed by atoms with Crippen LogP contribution in [0.2, 0.25) is 0 Å². The Morgan fingerprint density at radius 3 is 2.74 bits per heavy atom. The molecule has 1 unspecified atom stereocenters. The highest BCUT2D eigenvalue weighted by atomic mass is 32.2. The summed E-state index contributed by atoms with van der Waals surface area (Å²) in [5, 5.41) is 1.07. The molecule has 2 heterocycles. The minimum absolute atomic E-state index is 0.0494. The summed E-state index contributed by atoms with van der Waals surface area (Å²) in [5.74, 6) is 1.76. The van der Waals surface area contributed by atoms with E-state index in [2.05, 4.69) is 4.90 Å². The van der Waals surface area contributed by atoms with Crippen LogP contribution in [0.25, 0.3) is 11.0 Å². The number of aryl methyl sites for hydroxylation is 2. The van der Waals surface area contributed by atoms with Gasteiger partial charge in [0.15, 0.2) is 16.4 Å². The molecule has 1 saturated heterocycles. The fourth-order valence-corrected chi connectivity index (χ4v) is 6.38. The van der Waals surface area contributed by atoms with Gasteiger partial charge in [-0.15, -0.1) is 0 Å². The van der Waals surface area contributed by atoms with Crippen LogP contribution in [0.1, 0.15) is 37.0 Å². The molecule has 0 saturated carbocycles. The van der Waals surface area contributed by atoms with Crippen LogP contribution < -0.4 is 4.74 Å². The lowest BCUT2D eigenvalue weighted by molar-refractivity contribution is -0.135. The Labute approximate surface area is 184 Å². The molecule has 2 aliphatic rings. The van der Waals surface area contributed by atoms with Crippen molar-refractivity contribution in [3.05, 3.63) is 29.5 Å². The maximum Gasteiger partial charge on any atom is 0.260 e. The van der Waals surface area contributed by atoms with Crippen LogP contribution in [0.15, 0.2) is 22.6 Å². The van der Waals surface area contributed by atoms with Crippen LogP contribution in [-0.4, -0.2) is 75.5 Å². The first-order valence-corrected chi connectivity index (χ1v) is 13.0. The van der Waals surface area contributed by atoms with Crippen molar-refractivity contribution in [2.24, 2.45) is 0 Å². The van der Waals surface area contributed by atoms with Gasteiger partial charge in [0.05, 0.1) is 11.5 Å². The first-order chi connectivity index (χ1) is 14.8. The maximum absolute atomic E-state index is 13.0. The average molecular weight is 449 g/mol. The highest BCUT2D eigenvalue weighted by Gasteiger charge is 2.34. The smallest absolute Gasteiger partial charge is 0.260 e. The molecule has 170 valence electrons. The number of benzene rings is 1. The van der Waals surface area contributed by atoms with E-state index in [0.717, 1.165) is 55.4 Å². The molecule has 4 rings (SSSR count). The fourth-order valence-electron chi connectivity index (χ4n) is 4.65. The van der Waals surface area contributed by atoms with E-state index in [4.69, 9.17) is 9.15 Å². The van der Waals surface area contributed by atoms with Crippen molar-refractivity contribution in [1.29, 1.82) is 0 Å². The molecule has 1 atom stereocenters. The van der Waals surface area contributed by atoms with Crippen molar-refractivity contribution >= 4 is 26.7 Å². The van der Waals surface area contributed by atoms with E-state index in [1.807, 2.05) is 32.3 Å². The van der Waals surface area contributed by atoms with Gasteiger partial charge in [0, 0.05) is 30.0 Å². The molecule has 1 fully saturated rings. The molecule has 1 amide bonds. The summed E-state index contributed by atoms with van der Waals surface area (Å²) in [5.41, 5.74) is 2.13. The second kappa shape index (κ2) is 9.20. The molecule has 0 spiro atoms. The zero-order valence-electron chi connectivity index (χ0n) is 18.4. The third kappa shape index (κ3) is 5.23. The number of rotatable bonds is 8. The van der Waals surface area contributed by atoms with Crippen molar-refractivity contribution in [2.75, 3.05) is 45.3 Å². The summed E-state index contributed by atoms with van der Waals surface area (Å²) >= 11 is 0. The Morgan fingerprint density at radius 1 is 1.19 bits per heavy atom. The Hall–Kier alpha value is -2.06. The lowest BCUT2D eigenvalue weighted by Crippen LogP contribution is -2.44. The zero-order chi connectivity index (χ0) is 22.0. The third-order valence-corrected chi connectivity index (χ3v) is 8.01. The van der Waals surface area contributed by atoms with Crippen molar-refractivity contribution in [3.63, 3.8) is 0 Å². The largest absolute Gasteiger partial charge is 0.484 e. The summed E-state index contributed by atoms with van der Waals surface area (Å²) in [6.45, 7) is 1.28. The number of fused-ring (bicyclic) bond motifs is 3. The van der Waals surface area contributed by atoms with Crippen molar-refractivity contribution in [3.8, 4) is 5.75 Å². The molecule has 7 nitrogen and oxygen atoms in total. The van der Waals surface area contributed by atoms with Crippen LogP contribution in [0.3, 0.4) is 0 Å². The Morgan fingerprint density at radius 2 is 2.00 bits per heavy atom. The van der Waals surface area contributed by atoms with Gasteiger partial charge in [0.25, 0.3) is 5.91 Å². The predicted molar refractivity (Wildman–Crippen MR) is 120 cm³/mol. The summed E-state index contributed by atoms with van der Waals surface area (Å²) in [4.78, 5) is 16.8. The lowest BCUT2D eigenvalue weighted by atomic mass is 9.96. The molecule has 0 radical (unpaired) electrons. The van der Waals surface area contributed by atoms with Crippen molar-refractivity contribution in [1.82, 2.24) is 9.80 Å².